The van der Waals surface area contributed by atoms with E-state index in [0.717, 1.165) is 29.1 Å². The van der Waals surface area contributed by atoms with Gasteiger partial charge in [-0.2, -0.15) is 16.5 Å². The Bertz CT molecular complexity index is 3700. The number of nitrogens with two attached hydrogens (primary N) is 2. The first-order valence-corrected chi connectivity index (χ1v) is 34.2. The van der Waals surface area contributed by atoms with Gasteiger partial charge in [-0.3, -0.25) is 43.3 Å². The van der Waals surface area contributed by atoms with Gasteiger partial charge in [0.2, 0.25) is 51.4 Å². The van der Waals surface area contributed by atoms with E-state index in [1.165, 1.54) is 63.4 Å². The number of benzene rings is 4. The van der Waals surface area contributed by atoms with Crippen LogP contribution in [0.2, 0.25) is 0 Å². The number of guanidine groups is 1. The number of methoxy groups -OCH3 is 1. The highest BCUT2D eigenvalue weighted by Crippen LogP contribution is 2.31. The third-order valence-electron chi connectivity index (χ3n) is 16.6. The average molecular weight is 1400 g/mol. The molecule has 1 fully saturated rings. The van der Waals surface area contributed by atoms with Crippen molar-refractivity contribution in [2.75, 3.05) is 51.2 Å². The van der Waals surface area contributed by atoms with Gasteiger partial charge in [0.1, 0.15) is 48.0 Å². The molecule has 5 rings (SSSR count). The molecule has 532 valence electrons. The minimum absolute atomic E-state index is 0.0429. The number of thioether (sulfide) groups is 1. The number of aliphatic imine (C=N–C) groups is 1. The summed E-state index contributed by atoms with van der Waals surface area (Å²) in [6, 6.07) is 11.1. The van der Waals surface area contributed by atoms with Gasteiger partial charge in [0.15, 0.2) is 5.96 Å². The number of carbonyl (C=O) groups is 10. The number of carboxylic acid groups (broad SMARTS) is 3. The zero-order valence-electron chi connectivity index (χ0n) is 56.1. The van der Waals surface area contributed by atoms with Gasteiger partial charge in [0, 0.05) is 81.5 Å². The van der Waals surface area contributed by atoms with Crippen molar-refractivity contribution in [1.82, 2.24) is 41.5 Å². The van der Waals surface area contributed by atoms with Gasteiger partial charge >= 0.3 is 17.9 Å². The molecule has 0 bridgehead atoms. The second kappa shape index (κ2) is 37.2. The molecule has 15 N–H and O–H groups in total. The first-order chi connectivity index (χ1) is 46.2. The van der Waals surface area contributed by atoms with E-state index in [4.69, 9.17) is 16.2 Å². The number of likely N-dealkylation sites (N-methyl/N-ethyl adjacent to an activating group) is 1. The summed E-state index contributed by atoms with van der Waals surface area (Å²) in [6.45, 7) is 7.40. The van der Waals surface area contributed by atoms with E-state index in [9.17, 15) is 76.8 Å². The van der Waals surface area contributed by atoms with Gasteiger partial charge in [0.05, 0.1) is 28.9 Å². The van der Waals surface area contributed by atoms with Crippen LogP contribution in [0.25, 0.3) is 10.8 Å². The lowest BCUT2D eigenvalue weighted by atomic mass is 9.94. The summed E-state index contributed by atoms with van der Waals surface area (Å²) in [4.78, 5) is 146. The van der Waals surface area contributed by atoms with E-state index in [1.54, 1.807) is 63.4 Å². The molecule has 4 aromatic rings. The summed E-state index contributed by atoms with van der Waals surface area (Å²) in [5, 5.41) is 57.6. The van der Waals surface area contributed by atoms with Crippen molar-refractivity contribution in [3.8, 4) is 5.75 Å². The molecule has 0 spiro atoms. The number of allylic oxidation sites excluding steroid dienone is 2. The molecule has 0 aromatic heterocycles. The number of aromatic hydroxyl groups is 1. The summed E-state index contributed by atoms with van der Waals surface area (Å²) >= 11 is 0.724. The van der Waals surface area contributed by atoms with Crippen molar-refractivity contribution in [2.45, 2.75) is 132 Å². The Kier molecular flexibility index (Phi) is 30.0. The molecule has 1 saturated heterocycles. The summed E-state index contributed by atoms with van der Waals surface area (Å²) in [5.41, 5.74) is 13.8. The highest BCUT2D eigenvalue weighted by Gasteiger charge is 2.39. The Morgan fingerprint density at radius 2 is 1.40 bits per heavy atom. The predicted octanol–water partition coefficient (Wildman–Crippen LogP) is 1.76. The third kappa shape index (κ3) is 23.3. The van der Waals surface area contributed by atoms with Gasteiger partial charge in [0.25, 0.3) is 0 Å². The molecule has 4 aromatic carbocycles. The number of phenols is 1. The lowest BCUT2D eigenvalue weighted by Gasteiger charge is -2.30. The van der Waals surface area contributed by atoms with Crippen LogP contribution in [-0.2, 0) is 75.5 Å². The van der Waals surface area contributed by atoms with Crippen LogP contribution in [-0.4, -0.2) is 200 Å². The fourth-order valence-corrected chi connectivity index (χ4v) is 13.4. The number of fused-ring (bicyclic) bond motifs is 1. The van der Waals surface area contributed by atoms with Crippen LogP contribution in [0.5, 0.6) is 5.75 Å². The maximum atomic E-state index is 14.7. The third-order valence-corrected chi connectivity index (χ3v) is 19.2. The van der Waals surface area contributed by atoms with Crippen molar-refractivity contribution in [3.05, 3.63) is 126 Å². The number of rotatable bonds is 24. The number of sulfonamides is 1. The van der Waals surface area contributed by atoms with Crippen LogP contribution in [0.1, 0.15) is 71.4 Å². The lowest BCUT2D eigenvalue weighted by Crippen LogP contribution is -2.59. The number of anilines is 1. The molecule has 4 unspecified atom stereocenters. The average Bonchev–Trinajstić information content (AvgIpc) is 0.782. The Labute approximate surface area is 573 Å². The summed E-state index contributed by atoms with van der Waals surface area (Å²) in [5.74, 6) is -16.6. The molecule has 12 atom stereocenters. The Morgan fingerprint density at radius 3 is 2.02 bits per heavy atom. The number of carboxylic acids is 3. The van der Waals surface area contributed by atoms with Gasteiger partial charge in [-0.05, 0) is 74.9 Å². The number of aliphatic carboxylic acids is 3. The molecule has 31 heteroatoms. The van der Waals surface area contributed by atoms with E-state index in [0.29, 0.717) is 34.0 Å². The van der Waals surface area contributed by atoms with Gasteiger partial charge in [-0.15, -0.1) is 0 Å². The van der Waals surface area contributed by atoms with Crippen molar-refractivity contribution < 1.29 is 81.5 Å². The van der Waals surface area contributed by atoms with Gasteiger partial charge < -0.3 is 78.3 Å². The van der Waals surface area contributed by atoms with E-state index in [1.807, 2.05) is 43.3 Å². The fourth-order valence-electron chi connectivity index (χ4n) is 10.7. The monoisotopic (exact) mass is 1400 g/mol. The van der Waals surface area contributed by atoms with Crippen molar-refractivity contribution in [2.24, 2.45) is 34.2 Å². The molecule has 1 aliphatic rings. The number of amides is 7. The Balaban J connectivity index is 1.57. The first-order valence-electron chi connectivity index (χ1n) is 31.5. The van der Waals surface area contributed by atoms with Crippen LogP contribution in [0.15, 0.2) is 125 Å². The number of ether oxygens (including phenoxy) is 1. The molecule has 1 aliphatic heterocycles. The van der Waals surface area contributed by atoms with Crippen molar-refractivity contribution >= 4 is 103 Å². The number of hydrogen-bond acceptors (Lipinski definition) is 17. The second-order valence-electron chi connectivity index (χ2n) is 24.2. The van der Waals surface area contributed by atoms with Gasteiger partial charge in [-0.25, -0.2) is 18.0 Å². The molecular formula is C67H90N12O17S2. The largest absolute Gasteiger partial charge is 0.508 e. The lowest BCUT2D eigenvalue weighted by molar-refractivity contribution is -0.146. The van der Waals surface area contributed by atoms with Crippen LogP contribution in [0, 0.1) is 17.8 Å². The summed E-state index contributed by atoms with van der Waals surface area (Å²) in [6.07, 6.45) is 3.52. The van der Waals surface area contributed by atoms with E-state index in [2.05, 4.69) is 41.6 Å². The number of nitrogens with zero attached hydrogens (tertiary/aromatic N) is 3. The smallest absolute Gasteiger partial charge is 0.327 e. The molecule has 0 saturated carbocycles. The number of phenolic OH excluding ortho intramolecular Hbond substituents is 1. The topological polar surface area (TPSA) is 450 Å². The predicted molar refractivity (Wildman–Crippen MR) is 369 cm³/mol. The number of nitrogens with one attached hydrogen (secondary N) is 7. The molecule has 7 amide bonds. The van der Waals surface area contributed by atoms with Crippen molar-refractivity contribution in [3.63, 3.8) is 0 Å². The number of carbonyl (C=O) groups excluding carboxylic acids is 7. The van der Waals surface area contributed by atoms with Crippen LogP contribution in [0.3, 0.4) is 0 Å². The molecule has 29 nitrogen and oxygen atoms in total. The van der Waals surface area contributed by atoms with E-state index >= 15 is 0 Å². The minimum atomic E-state index is -4.58. The highest BCUT2D eigenvalue weighted by atomic mass is 32.2. The van der Waals surface area contributed by atoms with Crippen LogP contribution >= 0.6 is 11.8 Å². The van der Waals surface area contributed by atoms with Crippen LogP contribution in [0.4, 0.5) is 5.69 Å². The molecular weight excluding hydrogens is 1310 g/mol. The zero-order valence-corrected chi connectivity index (χ0v) is 57.7. The minimum Gasteiger partial charge on any atom is -0.508 e. The van der Waals surface area contributed by atoms with E-state index in [-0.39, 0.29) is 54.4 Å². The number of hydrogen-bond donors (Lipinski definition) is 13. The van der Waals surface area contributed by atoms with Gasteiger partial charge in [-0.1, -0.05) is 111 Å². The fraction of sp³-hybridized carbons (Fsp3) is 0.448. The maximum Gasteiger partial charge on any atom is 0.327 e. The maximum absolute atomic E-state index is 14.7. The molecule has 0 aliphatic carbocycles. The summed E-state index contributed by atoms with van der Waals surface area (Å²) < 4.78 is 36.2. The quantitative estimate of drug-likeness (QED) is 0.0206. The molecule has 98 heavy (non-hydrogen) atoms. The Morgan fingerprint density at radius 1 is 0.765 bits per heavy atom. The summed E-state index contributed by atoms with van der Waals surface area (Å²) in [7, 11) is 1.71. The normalized spacial score (nSPS) is 22.7. The van der Waals surface area contributed by atoms with Crippen molar-refractivity contribution in [1.29, 1.82) is 0 Å². The SMILES string of the molecule is CO[C@@H](Cc1ccccc1)[C@@H](C)/C=C(C)/C=C/C1NC(=O)C(CCCN=C(N)N)NC(=O)[C@@H](C)C(C(=O)O)NC(=O)[C@H](Cc2ccc(O)cc2)NC(=O)[C@@H](C)NC(=O)C(CSC[C@H](NS(=O)(=O)c2cccc3c(N(C)C)cccc23)C(=O)O)N(C)C(=O)CC[C@H](C(=O)O)NC(=O)[C@H]1C. The standard InChI is InChI=1S/C67H90N12O17S2/c1-37(32-38(2)54(96-9)34-42-16-11-10-12-17-42)23-28-47-39(3)58(82)74-49(64(88)89)29-30-56(81)79(8)53(36-97-35-51(65(90)91)77-98(94,95)55-22-14-18-45-46(55)19-13-21-52(45)78(6)7)63(87)71-41(5)60(84)75-50(33-43-24-26-44(80)27-25-43)62(86)76-57(66(92)93)40(4)59(83)73-48(61(85)72-47)20-15-31-70-67(68)69/h10-14,16-19,21-28,32,38-41,47-51,53-54,57,77,80H,15,20,29-31,33-36H2,1-9H3,(H,71,87)(H,72,85)(H,73,83)(H,74,82)(H,75,84)(H,76,86)(H,88,89)(H,90,91)(H,92,93)(H4,68,69,70)/b28-23+,37-32+/t38-,39-,40-,41+,47?,48?,49+,50-,51-,53?,54-,57?/m0/s1. The molecule has 0 radical (unpaired) electrons. The van der Waals surface area contributed by atoms with E-state index < -0.39 is 154 Å². The highest BCUT2D eigenvalue weighted by molar-refractivity contribution is 7.99. The first kappa shape index (κ1) is 79.1. The Hall–Kier alpha value is -9.59. The zero-order chi connectivity index (χ0) is 72.7. The molecule has 1 heterocycles. The second-order valence-corrected chi connectivity index (χ2v) is 27.0. The van der Waals surface area contributed by atoms with Crippen LogP contribution < -0.4 is 53.0 Å².